The number of amides is 1. The van der Waals surface area contributed by atoms with Crippen LogP contribution in [0.4, 0.5) is 0 Å². The zero-order chi connectivity index (χ0) is 16.1. The summed E-state index contributed by atoms with van der Waals surface area (Å²) in [7, 11) is 0. The predicted molar refractivity (Wildman–Crippen MR) is 88.9 cm³/mol. The van der Waals surface area contributed by atoms with Crippen molar-refractivity contribution in [2.24, 2.45) is 0 Å². The maximum absolute atomic E-state index is 12.5. The summed E-state index contributed by atoms with van der Waals surface area (Å²) in [6.45, 7) is 3.73. The third-order valence-electron chi connectivity index (χ3n) is 4.41. The Bertz CT molecular complexity index is 637. The van der Waals surface area contributed by atoms with Gasteiger partial charge in [0.1, 0.15) is 0 Å². The predicted octanol–water partition coefficient (Wildman–Crippen LogP) is 2.60. The quantitative estimate of drug-likeness (QED) is 0.824. The van der Waals surface area contributed by atoms with Crippen molar-refractivity contribution >= 4 is 5.91 Å². The molecule has 2 aromatic rings. The monoisotopic (exact) mass is 312 g/mol. The first-order valence-electron chi connectivity index (χ1n) is 8.41. The van der Waals surface area contributed by atoms with E-state index in [0.29, 0.717) is 6.42 Å². The van der Waals surface area contributed by atoms with Gasteiger partial charge >= 0.3 is 0 Å². The van der Waals surface area contributed by atoms with Gasteiger partial charge in [0.25, 0.3) is 0 Å². The second kappa shape index (κ2) is 7.40. The highest BCUT2D eigenvalue weighted by molar-refractivity contribution is 5.76. The summed E-state index contributed by atoms with van der Waals surface area (Å²) >= 11 is 0. The van der Waals surface area contributed by atoms with Crippen molar-refractivity contribution in [3.05, 3.63) is 48.0 Å². The standard InChI is InChI=1S/C18H24N4O/c1-15-12-20-21(13-15)14-17-8-5-11-22(17)18(23)9-4-7-16-6-2-3-10-19-16/h2-3,6,10,12-13,17H,4-5,7-9,11,14H2,1H3/t17-/m0/s1. The van der Waals surface area contributed by atoms with Crippen LogP contribution in [0.2, 0.25) is 0 Å². The zero-order valence-corrected chi connectivity index (χ0v) is 13.7. The molecule has 1 aliphatic heterocycles. The molecule has 1 saturated heterocycles. The van der Waals surface area contributed by atoms with E-state index in [1.54, 1.807) is 6.20 Å². The molecule has 0 saturated carbocycles. The van der Waals surface area contributed by atoms with Crippen LogP contribution < -0.4 is 0 Å². The van der Waals surface area contributed by atoms with Crippen molar-refractivity contribution in [1.82, 2.24) is 19.7 Å². The summed E-state index contributed by atoms with van der Waals surface area (Å²) in [6.07, 6.45) is 10.2. The van der Waals surface area contributed by atoms with Gasteiger partial charge in [0.2, 0.25) is 5.91 Å². The van der Waals surface area contributed by atoms with Crippen molar-refractivity contribution in [1.29, 1.82) is 0 Å². The first-order chi connectivity index (χ1) is 11.2. The highest BCUT2D eigenvalue weighted by Crippen LogP contribution is 2.20. The van der Waals surface area contributed by atoms with Crippen LogP contribution in [0.3, 0.4) is 0 Å². The van der Waals surface area contributed by atoms with Crippen LogP contribution in [0.1, 0.15) is 36.9 Å². The van der Waals surface area contributed by atoms with Gasteiger partial charge in [-0.15, -0.1) is 0 Å². The van der Waals surface area contributed by atoms with Crippen LogP contribution in [0.25, 0.3) is 0 Å². The third kappa shape index (κ3) is 4.18. The molecule has 23 heavy (non-hydrogen) atoms. The van der Waals surface area contributed by atoms with E-state index in [1.807, 2.05) is 42.2 Å². The van der Waals surface area contributed by atoms with E-state index in [9.17, 15) is 4.79 Å². The molecule has 1 amide bonds. The number of nitrogens with zero attached hydrogens (tertiary/aromatic N) is 4. The number of rotatable bonds is 6. The van der Waals surface area contributed by atoms with Crippen molar-refractivity contribution in [2.75, 3.05) is 6.54 Å². The number of hydrogen-bond acceptors (Lipinski definition) is 3. The second-order valence-electron chi connectivity index (χ2n) is 6.30. The minimum Gasteiger partial charge on any atom is -0.338 e. The first kappa shape index (κ1) is 15.7. The highest BCUT2D eigenvalue weighted by Gasteiger charge is 2.28. The fourth-order valence-corrected chi connectivity index (χ4v) is 3.25. The molecule has 0 N–H and O–H groups in total. The maximum Gasteiger partial charge on any atom is 0.222 e. The Labute approximate surface area is 137 Å². The molecule has 5 nitrogen and oxygen atoms in total. The topological polar surface area (TPSA) is 51.0 Å². The lowest BCUT2D eigenvalue weighted by molar-refractivity contribution is -0.132. The molecule has 0 radical (unpaired) electrons. The fraction of sp³-hybridized carbons (Fsp3) is 0.500. The molecule has 1 fully saturated rings. The number of hydrogen-bond donors (Lipinski definition) is 0. The largest absolute Gasteiger partial charge is 0.338 e. The first-order valence-corrected chi connectivity index (χ1v) is 8.41. The van der Waals surface area contributed by atoms with E-state index in [4.69, 9.17) is 0 Å². The van der Waals surface area contributed by atoms with Gasteiger partial charge < -0.3 is 4.90 Å². The van der Waals surface area contributed by atoms with Gasteiger partial charge in [0, 0.05) is 31.1 Å². The van der Waals surface area contributed by atoms with Crippen LogP contribution >= 0.6 is 0 Å². The lowest BCUT2D eigenvalue weighted by atomic mass is 10.1. The highest BCUT2D eigenvalue weighted by atomic mass is 16.2. The van der Waals surface area contributed by atoms with Crippen LogP contribution in [-0.2, 0) is 17.8 Å². The van der Waals surface area contributed by atoms with E-state index in [0.717, 1.165) is 50.0 Å². The molecule has 0 spiro atoms. The van der Waals surface area contributed by atoms with Crippen LogP contribution in [0.15, 0.2) is 36.8 Å². The van der Waals surface area contributed by atoms with Crippen molar-refractivity contribution < 1.29 is 4.79 Å². The van der Waals surface area contributed by atoms with E-state index in [-0.39, 0.29) is 11.9 Å². The summed E-state index contributed by atoms with van der Waals surface area (Å²) in [5, 5.41) is 4.35. The Morgan fingerprint density at radius 2 is 2.30 bits per heavy atom. The summed E-state index contributed by atoms with van der Waals surface area (Å²) in [5.74, 6) is 0.271. The molecule has 2 aromatic heterocycles. The molecule has 1 atom stereocenters. The van der Waals surface area contributed by atoms with E-state index in [2.05, 4.69) is 15.0 Å². The van der Waals surface area contributed by atoms with Gasteiger partial charge in [-0.3, -0.25) is 14.5 Å². The smallest absolute Gasteiger partial charge is 0.222 e. The second-order valence-corrected chi connectivity index (χ2v) is 6.30. The van der Waals surface area contributed by atoms with Crippen molar-refractivity contribution in [2.45, 2.75) is 51.6 Å². The molecule has 5 heteroatoms. The van der Waals surface area contributed by atoms with Crippen molar-refractivity contribution in [3.8, 4) is 0 Å². The Balaban J connectivity index is 1.49. The number of pyridine rings is 1. The molecule has 122 valence electrons. The minimum absolute atomic E-state index is 0.271. The van der Waals surface area contributed by atoms with E-state index in [1.165, 1.54) is 0 Å². The van der Waals surface area contributed by atoms with Gasteiger partial charge in [0.15, 0.2) is 0 Å². The lowest BCUT2D eigenvalue weighted by Gasteiger charge is -2.24. The summed E-state index contributed by atoms with van der Waals surface area (Å²) in [4.78, 5) is 18.9. The van der Waals surface area contributed by atoms with E-state index < -0.39 is 0 Å². The average Bonchev–Trinajstić information content (AvgIpc) is 3.18. The number of aryl methyl sites for hydroxylation is 2. The summed E-state index contributed by atoms with van der Waals surface area (Å²) in [5.41, 5.74) is 2.22. The van der Waals surface area contributed by atoms with Crippen LogP contribution in [0, 0.1) is 6.92 Å². The van der Waals surface area contributed by atoms with Gasteiger partial charge in [0.05, 0.1) is 18.8 Å². The Hall–Kier alpha value is -2.17. The molecular formula is C18H24N4O. The molecular weight excluding hydrogens is 288 g/mol. The summed E-state index contributed by atoms with van der Waals surface area (Å²) < 4.78 is 1.96. The summed E-state index contributed by atoms with van der Waals surface area (Å²) in [6, 6.07) is 6.22. The SMILES string of the molecule is Cc1cnn(C[C@@H]2CCCN2C(=O)CCCc2ccccn2)c1. The maximum atomic E-state index is 12.5. The number of carbonyl (C=O) groups excluding carboxylic acids is 1. The molecule has 0 bridgehead atoms. The molecule has 0 aliphatic carbocycles. The number of aromatic nitrogens is 3. The van der Waals surface area contributed by atoms with Gasteiger partial charge in [-0.1, -0.05) is 6.07 Å². The normalized spacial score (nSPS) is 17.6. The Morgan fingerprint density at radius 1 is 1.39 bits per heavy atom. The molecule has 3 rings (SSSR count). The average molecular weight is 312 g/mol. The fourth-order valence-electron chi connectivity index (χ4n) is 3.25. The zero-order valence-electron chi connectivity index (χ0n) is 13.7. The van der Waals surface area contributed by atoms with Crippen molar-refractivity contribution in [3.63, 3.8) is 0 Å². The molecule has 1 aliphatic rings. The molecule has 0 unspecified atom stereocenters. The molecule has 0 aromatic carbocycles. The Morgan fingerprint density at radius 3 is 3.04 bits per heavy atom. The van der Waals surface area contributed by atoms with Gasteiger partial charge in [-0.05, 0) is 50.3 Å². The number of likely N-dealkylation sites (tertiary alicyclic amines) is 1. The van der Waals surface area contributed by atoms with Crippen LogP contribution in [0.5, 0.6) is 0 Å². The lowest BCUT2D eigenvalue weighted by Crippen LogP contribution is -2.38. The van der Waals surface area contributed by atoms with E-state index >= 15 is 0 Å². The minimum atomic E-state index is 0.271. The molecule has 3 heterocycles. The third-order valence-corrected chi connectivity index (χ3v) is 4.41. The van der Waals surface area contributed by atoms with Gasteiger partial charge in [-0.25, -0.2) is 0 Å². The number of carbonyl (C=O) groups is 1. The van der Waals surface area contributed by atoms with Crippen LogP contribution in [-0.4, -0.2) is 38.2 Å². The Kier molecular flexibility index (Phi) is 5.05. The van der Waals surface area contributed by atoms with Gasteiger partial charge in [-0.2, -0.15) is 5.10 Å².